The molecule has 4 heteroatoms. The molecule has 1 N–H and O–H groups in total. The van der Waals surface area contributed by atoms with Crippen molar-refractivity contribution in [2.24, 2.45) is 0 Å². The number of hydrogen-bond donors (Lipinski definition) is 1. The summed E-state index contributed by atoms with van der Waals surface area (Å²) in [5.74, 6) is 0.897. The molecular formula is C18H28N2O2. The minimum absolute atomic E-state index is 0.00194. The van der Waals surface area contributed by atoms with Crippen molar-refractivity contribution >= 4 is 5.91 Å². The Hall–Kier alpha value is -1.55. The van der Waals surface area contributed by atoms with E-state index < -0.39 is 0 Å². The second-order valence-corrected chi connectivity index (χ2v) is 6.98. The molecule has 0 saturated carbocycles. The second kappa shape index (κ2) is 7.14. The summed E-state index contributed by atoms with van der Waals surface area (Å²) >= 11 is 0. The van der Waals surface area contributed by atoms with Gasteiger partial charge in [-0.2, -0.15) is 0 Å². The second-order valence-electron chi connectivity index (χ2n) is 6.98. The largest absolute Gasteiger partial charge is 0.483 e. The highest BCUT2D eigenvalue weighted by Gasteiger charge is 2.28. The van der Waals surface area contributed by atoms with Gasteiger partial charge in [0.25, 0.3) is 5.91 Å². The van der Waals surface area contributed by atoms with E-state index in [1.165, 1.54) is 0 Å². The number of likely N-dealkylation sites (tertiary alicyclic amines) is 1. The van der Waals surface area contributed by atoms with Crippen molar-refractivity contribution in [3.63, 3.8) is 0 Å². The van der Waals surface area contributed by atoms with Crippen LogP contribution in [-0.4, -0.2) is 43.6 Å². The Bertz CT molecular complexity index is 508. The van der Waals surface area contributed by atoms with Crippen LogP contribution < -0.4 is 10.1 Å². The van der Waals surface area contributed by atoms with Gasteiger partial charge in [-0.3, -0.25) is 4.79 Å². The maximum atomic E-state index is 12.4. The number of amides is 1. The Kier molecular flexibility index (Phi) is 5.46. The van der Waals surface area contributed by atoms with E-state index >= 15 is 0 Å². The molecule has 22 heavy (non-hydrogen) atoms. The normalized spacial score (nSPS) is 18.5. The van der Waals surface area contributed by atoms with Crippen molar-refractivity contribution in [1.29, 1.82) is 0 Å². The lowest BCUT2D eigenvalue weighted by Crippen LogP contribution is -2.43. The Labute approximate surface area is 133 Å². The lowest BCUT2D eigenvalue weighted by molar-refractivity contribution is -0.134. The molecule has 1 saturated heterocycles. The fraction of sp³-hybridized carbons (Fsp3) is 0.611. The molecule has 0 aromatic heterocycles. The van der Waals surface area contributed by atoms with Crippen LogP contribution in [0.25, 0.3) is 0 Å². The van der Waals surface area contributed by atoms with Crippen LogP contribution in [0.3, 0.4) is 0 Å². The number of nitrogens with one attached hydrogen (secondary N) is 1. The predicted octanol–water partition coefficient (Wildman–Crippen LogP) is 2.57. The molecule has 0 aliphatic carbocycles. The van der Waals surface area contributed by atoms with Gasteiger partial charge in [-0.05, 0) is 36.9 Å². The third kappa shape index (κ3) is 4.01. The van der Waals surface area contributed by atoms with Gasteiger partial charge in [0.2, 0.25) is 0 Å². The fourth-order valence-corrected chi connectivity index (χ4v) is 3.05. The van der Waals surface area contributed by atoms with Crippen molar-refractivity contribution in [2.75, 3.05) is 26.7 Å². The Morgan fingerprint density at radius 2 is 2.09 bits per heavy atom. The van der Waals surface area contributed by atoms with Crippen LogP contribution in [0.15, 0.2) is 24.3 Å². The van der Waals surface area contributed by atoms with Gasteiger partial charge in [0.05, 0.1) is 0 Å². The van der Waals surface area contributed by atoms with Crippen LogP contribution in [0, 0.1) is 0 Å². The number of ether oxygens (including phenoxy) is 1. The van der Waals surface area contributed by atoms with Crippen molar-refractivity contribution in [2.45, 2.75) is 45.1 Å². The molecule has 1 fully saturated rings. The standard InChI is InChI=1S/C18H28N2O2/c1-18(2,3)15-9-5-6-10-16(15)22-13-17(21)20-11-7-8-14(20)12-19-4/h5-6,9-10,14,19H,7-8,11-13H2,1-4H3. The molecule has 1 aliphatic rings. The van der Waals surface area contributed by atoms with E-state index in [2.05, 4.69) is 32.2 Å². The first-order chi connectivity index (χ1) is 10.4. The SMILES string of the molecule is CNCC1CCCN1C(=O)COc1ccccc1C(C)(C)C. The average molecular weight is 304 g/mol. The quantitative estimate of drug-likeness (QED) is 0.909. The van der Waals surface area contributed by atoms with Crippen molar-refractivity contribution in [3.8, 4) is 5.75 Å². The van der Waals surface area contributed by atoms with Crippen molar-refractivity contribution in [1.82, 2.24) is 10.2 Å². The van der Waals surface area contributed by atoms with E-state index in [-0.39, 0.29) is 17.9 Å². The fourth-order valence-electron chi connectivity index (χ4n) is 3.05. The van der Waals surface area contributed by atoms with Crippen LogP contribution >= 0.6 is 0 Å². The maximum Gasteiger partial charge on any atom is 0.260 e. The third-order valence-corrected chi connectivity index (χ3v) is 4.18. The van der Waals surface area contributed by atoms with E-state index in [9.17, 15) is 4.79 Å². The molecule has 0 spiro atoms. The lowest BCUT2D eigenvalue weighted by Gasteiger charge is -2.26. The molecule has 1 heterocycles. The monoisotopic (exact) mass is 304 g/mol. The summed E-state index contributed by atoms with van der Waals surface area (Å²) in [5.41, 5.74) is 1.14. The summed E-state index contributed by atoms with van der Waals surface area (Å²) in [6, 6.07) is 8.29. The Balaban J connectivity index is 2.00. The highest BCUT2D eigenvalue weighted by Crippen LogP contribution is 2.31. The number of carbonyl (C=O) groups excluding carboxylic acids is 1. The summed E-state index contributed by atoms with van der Waals surface area (Å²) in [5, 5.41) is 3.16. The molecular weight excluding hydrogens is 276 g/mol. The Morgan fingerprint density at radius 3 is 2.77 bits per heavy atom. The van der Waals surface area contributed by atoms with Crippen molar-refractivity contribution in [3.05, 3.63) is 29.8 Å². The lowest BCUT2D eigenvalue weighted by atomic mass is 9.86. The zero-order chi connectivity index (χ0) is 16.2. The number of para-hydroxylation sites is 1. The predicted molar refractivity (Wildman–Crippen MR) is 89.3 cm³/mol. The molecule has 2 rings (SSSR count). The first kappa shape index (κ1) is 16.8. The topological polar surface area (TPSA) is 41.6 Å². The number of benzene rings is 1. The summed E-state index contributed by atoms with van der Waals surface area (Å²) in [6.45, 7) is 8.27. The minimum atomic E-state index is 0.00194. The molecule has 1 aliphatic heterocycles. The van der Waals surface area contributed by atoms with Gasteiger partial charge in [0.15, 0.2) is 6.61 Å². The zero-order valence-corrected chi connectivity index (χ0v) is 14.2. The average Bonchev–Trinajstić information content (AvgIpc) is 2.93. The third-order valence-electron chi connectivity index (χ3n) is 4.18. The molecule has 1 atom stereocenters. The number of hydrogen-bond acceptors (Lipinski definition) is 3. The highest BCUT2D eigenvalue weighted by atomic mass is 16.5. The van der Waals surface area contributed by atoms with Crippen LogP contribution in [0.5, 0.6) is 5.75 Å². The molecule has 0 radical (unpaired) electrons. The first-order valence-electron chi connectivity index (χ1n) is 8.10. The number of likely N-dealkylation sites (N-methyl/N-ethyl adjacent to an activating group) is 1. The molecule has 1 aromatic carbocycles. The van der Waals surface area contributed by atoms with Gasteiger partial charge in [-0.1, -0.05) is 39.0 Å². The molecule has 1 amide bonds. The molecule has 0 bridgehead atoms. The van der Waals surface area contributed by atoms with Gasteiger partial charge < -0.3 is 15.0 Å². The molecule has 1 unspecified atom stereocenters. The van der Waals surface area contributed by atoms with Crippen LogP contribution in [-0.2, 0) is 10.2 Å². The molecule has 4 nitrogen and oxygen atoms in total. The molecule has 1 aromatic rings. The minimum Gasteiger partial charge on any atom is -0.483 e. The van der Waals surface area contributed by atoms with Gasteiger partial charge in [-0.25, -0.2) is 0 Å². The van der Waals surface area contributed by atoms with E-state index in [4.69, 9.17) is 4.74 Å². The smallest absolute Gasteiger partial charge is 0.260 e. The van der Waals surface area contributed by atoms with E-state index in [1.54, 1.807) is 0 Å². The zero-order valence-electron chi connectivity index (χ0n) is 14.2. The van der Waals surface area contributed by atoms with Gasteiger partial charge in [-0.15, -0.1) is 0 Å². The van der Waals surface area contributed by atoms with Gasteiger partial charge in [0.1, 0.15) is 5.75 Å². The Morgan fingerprint density at radius 1 is 1.36 bits per heavy atom. The summed E-state index contributed by atoms with van der Waals surface area (Å²) in [7, 11) is 1.93. The van der Waals surface area contributed by atoms with Crippen LogP contribution in [0.2, 0.25) is 0 Å². The van der Waals surface area contributed by atoms with Crippen molar-refractivity contribution < 1.29 is 9.53 Å². The van der Waals surface area contributed by atoms with Gasteiger partial charge >= 0.3 is 0 Å². The number of carbonyl (C=O) groups is 1. The summed E-state index contributed by atoms with van der Waals surface area (Å²) in [4.78, 5) is 14.4. The maximum absolute atomic E-state index is 12.4. The first-order valence-corrected chi connectivity index (χ1v) is 8.10. The van der Waals surface area contributed by atoms with E-state index in [0.717, 1.165) is 37.2 Å². The van der Waals surface area contributed by atoms with E-state index in [0.29, 0.717) is 6.04 Å². The number of rotatable bonds is 5. The summed E-state index contributed by atoms with van der Waals surface area (Å²) in [6.07, 6.45) is 2.15. The highest BCUT2D eigenvalue weighted by molar-refractivity contribution is 5.78. The van der Waals surface area contributed by atoms with Gasteiger partial charge in [0, 0.05) is 19.1 Å². The van der Waals surface area contributed by atoms with E-state index in [1.807, 2.05) is 30.1 Å². The van der Waals surface area contributed by atoms with Crippen LogP contribution in [0.4, 0.5) is 0 Å². The number of nitrogens with zero attached hydrogens (tertiary/aromatic N) is 1. The van der Waals surface area contributed by atoms with Crippen LogP contribution in [0.1, 0.15) is 39.2 Å². The molecule has 122 valence electrons. The summed E-state index contributed by atoms with van der Waals surface area (Å²) < 4.78 is 5.85.